The van der Waals surface area contributed by atoms with Crippen molar-refractivity contribution < 1.29 is 14.3 Å². The van der Waals surface area contributed by atoms with Crippen molar-refractivity contribution in [3.63, 3.8) is 0 Å². The summed E-state index contributed by atoms with van der Waals surface area (Å²) in [6, 6.07) is 0. The Balaban J connectivity index is 2.76. The van der Waals surface area contributed by atoms with Crippen molar-refractivity contribution in [2.24, 2.45) is 11.3 Å². The zero-order valence-corrected chi connectivity index (χ0v) is 7.72. The molecular weight excluding hydrogens is 156 g/mol. The smallest absolute Gasteiger partial charge is 0.311 e. The number of ether oxygens (including phenoxy) is 1. The van der Waals surface area contributed by atoms with Gasteiger partial charge in [-0.3, -0.25) is 9.59 Å². The van der Waals surface area contributed by atoms with Crippen molar-refractivity contribution in [2.45, 2.75) is 26.7 Å². The van der Waals surface area contributed by atoms with Crippen LogP contribution >= 0.6 is 0 Å². The third-order valence-corrected chi connectivity index (χ3v) is 2.55. The van der Waals surface area contributed by atoms with E-state index in [0.717, 1.165) is 0 Å². The first-order valence-corrected chi connectivity index (χ1v) is 4.11. The Labute approximate surface area is 72.1 Å². The molecule has 1 aliphatic carbocycles. The molecule has 0 spiro atoms. The van der Waals surface area contributed by atoms with Gasteiger partial charge in [-0.15, -0.1) is 0 Å². The minimum atomic E-state index is -0.564. The van der Waals surface area contributed by atoms with E-state index >= 15 is 0 Å². The molecule has 0 aromatic heterocycles. The largest absolute Gasteiger partial charge is 0.469 e. The van der Waals surface area contributed by atoms with Crippen LogP contribution in [-0.2, 0) is 14.3 Å². The van der Waals surface area contributed by atoms with Crippen LogP contribution in [0.15, 0.2) is 0 Å². The summed E-state index contributed by atoms with van der Waals surface area (Å²) in [5, 5.41) is 0. The molecule has 1 fully saturated rings. The fraction of sp³-hybridized carbons (Fsp3) is 0.778. The van der Waals surface area contributed by atoms with E-state index in [0.29, 0.717) is 12.8 Å². The number of ketones is 1. The molecule has 0 aromatic carbocycles. The lowest BCUT2D eigenvalue weighted by Gasteiger charge is -2.18. The summed E-state index contributed by atoms with van der Waals surface area (Å²) in [5.41, 5.74) is -0.564. The average Bonchev–Trinajstić information content (AvgIpc) is 2.26. The van der Waals surface area contributed by atoms with Gasteiger partial charge in [0.15, 0.2) is 0 Å². The highest BCUT2D eigenvalue weighted by Crippen LogP contribution is 2.39. The number of hydrogen-bond acceptors (Lipinski definition) is 3. The van der Waals surface area contributed by atoms with Gasteiger partial charge in [0.25, 0.3) is 0 Å². The Bertz CT molecular complexity index is 222. The van der Waals surface area contributed by atoms with Crippen LogP contribution in [-0.4, -0.2) is 18.9 Å². The summed E-state index contributed by atoms with van der Waals surface area (Å²) < 4.78 is 4.64. The second kappa shape index (κ2) is 2.88. The number of hydrogen-bond donors (Lipinski definition) is 0. The minimum absolute atomic E-state index is 0.00843. The highest BCUT2D eigenvalue weighted by molar-refractivity contribution is 5.91. The van der Waals surface area contributed by atoms with Crippen LogP contribution in [0.25, 0.3) is 0 Å². The molecule has 0 aliphatic heterocycles. The molecule has 1 saturated carbocycles. The van der Waals surface area contributed by atoms with Crippen LogP contribution in [0, 0.1) is 11.3 Å². The monoisotopic (exact) mass is 170 g/mol. The SMILES string of the molecule is COC(=O)[C@@]1(C)CC(=O)[C@H](C)C1. The molecule has 0 amide bonds. The molecule has 0 heterocycles. The number of carbonyl (C=O) groups excluding carboxylic acids is 2. The van der Waals surface area contributed by atoms with Gasteiger partial charge in [-0.05, 0) is 13.3 Å². The van der Waals surface area contributed by atoms with E-state index in [1.54, 1.807) is 6.92 Å². The van der Waals surface area contributed by atoms with Crippen molar-refractivity contribution >= 4 is 11.8 Å². The van der Waals surface area contributed by atoms with Crippen molar-refractivity contribution in [3.05, 3.63) is 0 Å². The molecule has 2 atom stereocenters. The molecule has 1 rings (SSSR count). The lowest BCUT2D eigenvalue weighted by Crippen LogP contribution is -2.26. The van der Waals surface area contributed by atoms with Gasteiger partial charge in [0.2, 0.25) is 0 Å². The Morgan fingerprint density at radius 3 is 2.58 bits per heavy atom. The van der Waals surface area contributed by atoms with Gasteiger partial charge in [0.05, 0.1) is 12.5 Å². The standard InChI is InChI=1S/C9H14O3/c1-6-4-9(2,5-7(6)10)8(11)12-3/h6H,4-5H2,1-3H3/t6-,9-/m1/s1. The summed E-state index contributed by atoms with van der Waals surface area (Å²) >= 11 is 0. The van der Waals surface area contributed by atoms with E-state index < -0.39 is 5.41 Å². The fourth-order valence-electron chi connectivity index (χ4n) is 1.82. The van der Waals surface area contributed by atoms with E-state index in [1.165, 1.54) is 7.11 Å². The van der Waals surface area contributed by atoms with Crippen LogP contribution in [0.4, 0.5) is 0 Å². The van der Waals surface area contributed by atoms with Crippen molar-refractivity contribution in [1.82, 2.24) is 0 Å². The van der Waals surface area contributed by atoms with Crippen molar-refractivity contribution in [3.8, 4) is 0 Å². The Hall–Kier alpha value is -0.860. The highest BCUT2D eigenvalue weighted by atomic mass is 16.5. The maximum atomic E-state index is 11.3. The first kappa shape index (κ1) is 9.23. The number of methoxy groups -OCH3 is 1. The lowest BCUT2D eigenvalue weighted by atomic mass is 9.88. The first-order chi connectivity index (χ1) is 5.49. The molecule has 3 heteroatoms. The van der Waals surface area contributed by atoms with E-state index in [1.807, 2.05) is 6.92 Å². The minimum Gasteiger partial charge on any atom is -0.469 e. The zero-order chi connectivity index (χ0) is 9.35. The molecular formula is C9H14O3. The molecule has 0 N–H and O–H groups in total. The van der Waals surface area contributed by atoms with Crippen LogP contribution in [0.1, 0.15) is 26.7 Å². The summed E-state index contributed by atoms with van der Waals surface area (Å²) in [6.45, 7) is 3.65. The lowest BCUT2D eigenvalue weighted by molar-refractivity contribution is -0.152. The molecule has 0 saturated heterocycles. The van der Waals surface area contributed by atoms with Gasteiger partial charge in [-0.25, -0.2) is 0 Å². The predicted octanol–water partition coefficient (Wildman–Crippen LogP) is 1.16. The van der Waals surface area contributed by atoms with Gasteiger partial charge in [-0.1, -0.05) is 6.92 Å². The first-order valence-electron chi connectivity index (χ1n) is 4.11. The van der Waals surface area contributed by atoms with Crippen molar-refractivity contribution in [2.75, 3.05) is 7.11 Å². The molecule has 12 heavy (non-hydrogen) atoms. The van der Waals surface area contributed by atoms with Gasteiger partial charge in [-0.2, -0.15) is 0 Å². The number of esters is 1. The zero-order valence-electron chi connectivity index (χ0n) is 7.72. The number of carbonyl (C=O) groups is 2. The van der Waals surface area contributed by atoms with Gasteiger partial charge in [0.1, 0.15) is 5.78 Å². The second-order valence-corrected chi connectivity index (χ2v) is 3.80. The third kappa shape index (κ3) is 1.36. The second-order valence-electron chi connectivity index (χ2n) is 3.80. The molecule has 3 nitrogen and oxygen atoms in total. The van der Waals surface area contributed by atoms with Gasteiger partial charge >= 0.3 is 5.97 Å². The molecule has 1 aliphatic rings. The summed E-state index contributed by atoms with van der Waals surface area (Å²) in [6.07, 6.45) is 0.958. The molecule has 0 unspecified atom stereocenters. The highest BCUT2D eigenvalue weighted by Gasteiger charge is 2.45. The maximum Gasteiger partial charge on any atom is 0.311 e. The molecule has 68 valence electrons. The summed E-state index contributed by atoms with van der Waals surface area (Å²) in [5.74, 6) is -0.0859. The molecule has 0 bridgehead atoms. The summed E-state index contributed by atoms with van der Waals surface area (Å²) in [7, 11) is 1.36. The van der Waals surface area contributed by atoms with Gasteiger partial charge < -0.3 is 4.74 Å². The third-order valence-electron chi connectivity index (χ3n) is 2.55. The molecule has 0 radical (unpaired) electrons. The number of Topliss-reactive ketones (excluding diaryl/α,β-unsaturated/α-hetero) is 1. The molecule has 0 aromatic rings. The quantitative estimate of drug-likeness (QED) is 0.555. The van der Waals surface area contributed by atoms with E-state index in [2.05, 4.69) is 4.74 Å². The van der Waals surface area contributed by atoms with Crippen LogP contribution in [0.2, 0.25) is 0 Å². The average molecular weight is 170 g/mol. The van der Waals surface area contributed by atoms with Gasteiger partial charge in [0, 0.05) is 12.3 Å². The van der Waals surface area contributed by atoms with E-state index in [9.17, 15) is 9.59 Å². The van der Waals surface area contributed by atoms with Crippen LogP contribution in [0.3, 0.4) is 0 Å². The maximum absolute atomic E-state index is 11.3. The summed E-state index contributed by atoms with van der Waals surface area (Å²) in [4.78, 5) is 22.5. The van der Waals surface area contributed by atoms with E-state index in [4.69, 9.17) is 0 Å². The number of rotatable bonds is 1. The Morgan fingerprint density at radius 1 is 1.67 bits per heavy atom. The van der Waals surface area contributed by atoms with E-state index in [-0.39, 0.29) is 17.7 Å². The van der Waals surface area contributed by atoms with Crippen LogP contribution < -0.4 is 0 Å². The Morgan fingerprint density at radius 2 is 2.25 bits per heavy atom. The van der Waals surface area contributed by atoms with Crippen molar-refractivity contribution in [1.29, 1.82) is 0 Å². The predicted molar refractivity (Wildman–Crippen MR) is 43.5 cm³/mol. The van der Waals surface area contributed by atoms with Crippen LogP contribution in [0.5, 0.6) is 0 Å². The normalized spacial score (nSPS) is 35.2. The Kier molecular flexibility index (Phi) is 2.22. The fourth-order valence-corrected chi connectivity index (χ4v) is 1.82. The topological polar surface area (TPSA) is 43.4 Å².